The lowest BCUT2D eigenvalue weighted by molar-refractivity contribution is -0.114. The van der Waals surface area contributed by atoms with Crippen LogP contribution in [0, 0.1) is 0 Å². The molecule has 0 spiro atoms. The number of benzene rings is 2. The number of carbonyl (C=O) groups is 2. The fourth-order valence-corrected chi connectivity index (χ4v) is 3.46. The van der Waals surface area contributed by atoms with Gasteiger partial charge in [-0.05, 0) is 41.8 Å². The molecule has 6 nitrogen and oxygen atoms in total. The minimum absolute atomic E-state index is 0.0935. The molecule has 2 aromatic carbocycles. The third kappa shape index (κ3) is 4.82. The number of para-hydroxylation sites is 1. The Morgan fingerprint density at radius 2 is 1.43 bits per heavy atom. The molecule has 3 rings (SSSR count). The average Bonchev–Trinajstić information content (AvgIpc) is 2.69. The largest absolute Gasteiger partial charge is 0.368 e. The zero-order valence-electron chi connectivity index (χ0n) is 16.7. The number of hydrogen-bond donors (Lipinski definition) is 2. The quantitative estimate of drug-likeness (QED) is 0.838. The van der Waals surface area contributed by atoms with Gasteiger partial charge in [-0.3, -0.25) is 4.79 Å². The number of rotatable bonds is 4. The fraction of sp³-hybridized carbons (Fsp3) is 0.364. The third-order valence-electron chi connectivity index (χ3n) is 4.92. The van der Waals surface area contributed by atoms with Crippen LogP contribution in [0.4, 0.5) is 21.9 Å². The molecule has 0 unspecified atom stereocenters. The van der Waals surface area contributed by atoms with E-state index in [0.29, 0.717) is 30.4 Å². The molecule has 1 fully saturated rings. The van der Waals surface area contributed by atoms with E-state index in [0.717, 1.165) is 13.1 Å². The number of urea groups is 1. The minimum Gasteiger partial charge on any atom is -0.368 e. The second kappa shape index (κ2) is 8.78. The highest BCUT2D eigenvalue weighted by molar-refractivity contribution is 5.91. The van der Waals surface area contributed by atoms with Crippen molar-refractivity contribution in [3.05, 3.63) is 54.1 Å². The second-order valence-electron chi connectivity index (χ2n) is 7.38. The fourth-order valence-electron chi connectivity index (χ4n) is 3.46. The van der Waals surface area contributed by atoms with E-state index in [9.17, 15) is 9.59 Å². The van der Waals surface area contributed by atoms with Gasteiger partial charge in [0, 0.05) is 50.2 Å². The van der Waals surface area contributed by atoms with Crippen LogP contribution in [0.3, 0.4) is 0 Å². The highest BCUT2D eigenvalue weighted by Gasteiger charge is 2.23. The first-order valence-corrected chi connectivity index (χ1v) is 9.71. The van der Waals surface area contributed by atoms with Crippen LogP contribution >= 0.6 is 0 Å². The number of carbonyl (C=O) groups excluding carboxylic acids is 2. The maximum absolute atomic E-state index is 12.6. The standard InChI is InChI=1S/C22H28N4O2/c1-16(2)20-6-4-5-7-21(20)25-12-14-26(15-13-25)22(28)24-19-10-8-18(9-11-19)23-17(3)27/h4-11,16H,12-15H2,1-3H3,(H,23,27)(H,24,28). The van der Waals surface area contributed by atoms with Crippen LogP contribution in [0.1, 0.15) is 32.3 Å². The lowest BCUT2D eigenvalue weighted by Gasteiger charge is -2.37. The molecule has 6 heteroatoms. The molecule has 1 aliphatic rings. The number of nitrogens with one attached hydrogen (secondary N) is 2. The second-order valence-corrected chi connectivity index (χ2v) is 7.38. The molecule has 0 atom stereocenters. The van der Waals surface area contributed by atoms with Crippen molar-refractivity contribution in [3.8, 4) is 0 Å². The van der Waals surface area contributed by atoms with Gasteiger partial charge >= 0.3 is 6.03 Å². The van der Waals surface area contributed by atoms with Crippen molar-refractivity contribution in [2.75, 3.05) is 41.7 Å². The topological polar surface area (TPSA) is 64.7 Å². The summed E-state index contributed by atoms with van der Waals surface area (Å²) < 4.78 is 0. The van der Waals surface area contributed by atoms with Crippen LogP contribution in [0.5, 0.6) is 0 Å². The minimum atomic E-state index is -0.117. The summed E-state index contributed by atoms with van der Waals surface area (Å²) in [6.07, 6.45) is 0. The van der Waals surface area contributed by atoms with E-state index in [4.69, 9.17) is 0 Å². The normalized spacial score (nSPS) is 14.1. The molecule has 3 amide bonds. The zero-order chi connectivity index (χ0) is 20.1. The number of hydrogen-bond acceptors (Lipinski definition) is 3. The highest BCUT2D eigenvalue weighted by Crippen LogP contribution is 2.28. The molecule has 2 N–H and O–H groups in total. The first-order chi connectivity index (χ1) is 13.4. The lowest BCUT2D eigenvalue weighted by Crippen LogP contribution is -2.50. The van der Waals surface area contributed by atoms with Crippen molar-refractivity contribution in [2.45, 2.75) is 26.7 Å². The maximum atomic E-state index is 12.6. The van der Waals surface area contributed by atoms with Gasteiger partial charge in [0.05, 0.1) is 0 Å². The van der Waals surface area contributed by atoms with Gasteiger partial charge in [-0.1, -0.05) is 32.0 Å². The van der Waals surface area contributed by atoms with Crippen LogP contribution in [0.2, 0.25) is 0 Å². The summed E-state index contributed by atoms with van der Waals surface area (Å²) in [5.41, 5.74) is 4.04. The summed E-state index contributed by atoms with van der Waals surface area (Å²) in [5.74, 6) is 0.353. The molecule has 1 aliphatic heterocycles. The van der Waals surface area contributed by atoms with Gasteiger partial charge in [0.1, 0.15) is 0 Å². The predicted molar refractivity (Wildman–Crippen MR) is 114 cm³/mol. The SMILES string of the molecule is CC(=O)Nc1ccc(NC(=O)N2CCN(c3ccccc3C(C)C)CC2)cc1. The smallest absolute Gasteiger partial charge is 0.321 e. The number of amides is 3. The molecule has 0 bridgehead atoms. The van der Waals surface area contributed by atoms with E-state index in [2.05, 4.69) is 53.6 Å². The van der Waals surface area contributed by atoms with Gasteiger partial charge in [-0.25, -0.2) is 4.79 Å². The molecule has 148 valence electrons. The van der Waals surface area contributed by atoms with Gasteiger partial charge in [-0.2, -0.15) is 0 Å². The van der Waals surface area contributed by atoms with Crippen molar-refractivity contribution in [1.29, 1.82) is 0 Å². The maximum Gasteiger partial charge on any atom is 0.321 e. The Morgan fingerprint density at radius 3 is 2.00 bits per heavy atom. The molecule has 1 heterocycles. The van der Waals surface area contributed by atoms with Crippen LogP contribution < -0.4 is 15.5 Å². The van der Waals surface area contributed by atoms with Crippen LogP contribution in [-0.2, 0) is 4.79 Å². The Labute approximate surface area is 166 Å². The van der Waals surface area contributed by atoms with E-state index in [1.54, 1.807) is 24.3 Å². The highest BCUT2D eigenvalue weighted by atomic mass is 16.2. The van der Waals surface area contributed by atoms with Crippen molar-refractivity contribution in [1.82, 2.24) is 4.90 Å². The Hall–Kier alpha value is -3.02. The Kier molecular flexibility index (Phi) is 6.19. The monoisotopic (exact) mass is 380 g/mol. The summed E-state index contributed by atoms with van der Waals surface area (Å²) in [5, 5.41) is 5.65. The third-order valence-corrected chi connectivity index (χ3v) is 4.92. The molecular weight excluding hydrogens is 352 g/mol. The Bertz CT molecular complexity index is 825. The van der Waals surface area contributed by atoms with Gasteiger partial charge in [-0.15, -0.1) is 0 Å². The van der Waals surface area contributed by atoms with Crippen LogP contribution in [-0.4, -0.2) is 43.0 Å². The van der Waals surface area contributed by atoms with Gasteiger partial charge < -0.3 is 20.4 Å². The predicted octanol–water partition coefficient (Wildman–Crippen LogP) is 4.12. The van der Waals surface area contributed by atoms with E-state index in [-0.39, 0.29) is 11.9 Å². The van der Waals surface area contributed by atoms with Gasteiger partial charge in [0.2, 0.25) is 5.91 Å². The molecular formula is C22H28N4O2. The summed E-state index contributed by atoms with van der Waals surface area (Å²) in [4.78, 5) is 27.9. The first-order valence-electron chi connectivity index (χ1n) is 9.71. The Balaban J connectivity index is 1.56. The molecule has 1 saturated heterocycles. The van der Waals surface area contributed by atoms with Gasteiger partial charge in [0.25, 0.3) is 0 Å². The molecule has 0 saturated carbocycles. The molecule has 2 aromatic rings. The lowest BCUT2D eigenvalue weighted by atomic mass is 10.00. The van der Waals surface area contributed by atoms with E-state index >= 15 is 0 Å². The summed E-state index contributed by atoms with van der Waals surface area (Å²) in [6, 6.07) is 15.5. The first kappa shape index (κ1) is 19.7. The van der Waals surface area contributed by atoms with Crippen molar-refractivity contribution >= 4 is 29.0 Å². The molecule has 0 radical (unpaired) electrons. The summed E-state index contributed by atoms with van der Waals surface area (Å²) in [6.45, 7) is 8.89. The van der Waals surface area contributed by atoms with E-state index in [1.165, 1.54) is 18.2 Å². The van der Waals surface area contributed by atoms with E-state index < -0.39 is 0 Å². The average molecular weight is 380 g/mol. The summed E-state index contributed by atoms with van der Waals surface area (Å²) in [7, 11) is 0. The van der Waals surface area contributed by atoms with Crippen LogP contribution in [0.25, 0.3) is 0 Å². The molecule has 28 heavy (non-hydrogen) atoms. The summed E-state index contributed by atoms with van der Waals surface area (Å²) >= 11 is 0. The molecule has 0 aromatic heterocycles. The van der Waals surface area contributed by atoms with Crippen LogP contribution in [0.15, 0.2) is 48.5 Å². The molecule has 0 aliphatic carbocycles. The van der Waals surface area contributed by atoms with E-state index in [1.807, 2.05) is 4.90 Å². The zero-order valence-corrected chi connectivity index (χ0v) is 16.7. The number of anilines is 3. The number of piperazine rings is 1. The van der Waals surface area contributed by atoms with Crippen molar-refractivity contribution in [2.24, 2.45) is 0 Å². The van der Waals surface area contributed by atoms with Gasteiger partial charge in [0.15, 0.2) is 0 Å². The van der Waals surface area contributed by atoms with Crippen molar-refractivity contribution < 1.29 is 9.59 Å². The Morgan fingerprint density at radius 1 is 0.857 bits per heavy atom. The number of nitrogens with zero attached hydrogens (tertiary/aromatic N) is 2. The van der Waals surface area contributed by atoms with Crippen molar-refractivity contribution in [3.63, 3.8) is 0 Å².